The van der Waals surface area contributed by atoms with Crippen LogP contribution in [0.5, 0.6) is 0 Å². The minimum Gasteiger partial charge on any atom is -0.462 e. The summed E-state index contributed by atoms with van der Waals surface area (Å²) < 4.78 is 12.5. The Bertz CT molecular complexity index is 1290. The molecule has 2 aromatic heterocycles. The molecule has 2 aromatic carbocycles. The van der Waals surface area contributed by atoms with Gasteiger partial charge in [-0.1, -0.05) is 66.7 Å². The highest BCUT2D eigenvalue weighted by atomic mass is 16.5. The highest BCUT2D eigenvalue weighted by Crippen LogP contribution is 2.32. The molecule has 4 aromatic rings. The first-order valence-corrected chi connectivity index (χ1v) is 10.3. The fraction of sp³-hybridized carbons (Fsp3) is 0.154. The van der Waals surface area contributed by atoms with Crippen molar-refractivity contribution >= 4 is 40.4 Å². The quantitative estimate of drug-likeness (QED) is 0.385. The molecule has 0 fully saturated rings. The van der Waals surface area contributed by atoms with Crippen molar-refractivity contribution in [2.24, 2.45) is 0 Å². The lowest BCUT2D eigenvalue weighted by Crippen LogP contribution is -2.10. The number of fused-ring (bicyclic) bond motifs is 3. The number of benzene rings is 2. The Balaban J connectivity index is 2.08. The van der Waals surface area contributed by atoms with E-state index in [9.17, 15) is 9.59 Å². The van der Waals surface area contributed by atoms with Crippen LogP contribution in [-0.4, -0.2) is 29.6 Å². The molecule has 0 aliphatic heterocycles. The Labute approximate surface area is 180 Å². The number of pyridine rings is 1. The van der Waals surface area contributed by atoms with Crippen LogP contribution in [0.3, 0.4) is 0 Å². The van der Waals surface area contributed by atoms with Crippen LogP contribution in [0, 0.1) is 0 Å². The van der Waals surface area contributed by atoms with Gasteiger partial charge in [0.2, 0.25) is 0 Å². The van der Waals surface area contributed by atoms with Crippen LogP contribution < -0.4 is 0 Å². The van der Waals surface area contributed by atoms with Gasteiger partial charge in [0.05, 0.1) is 24.3 Å². The Kier molecular flexibility index (Phi) is 5.85. The Morgan fingerprint density at radius 3 is 2.26 bits per heavy atom. The summed E-state index contributed by atoms with van der Waals surface area (Å²) in [5.41, 5.74) is 2.73. The van der Waals surface area contributed by atoms with E-state index >= 15 is 0 Å². The van der Waals surface area contributed by atoms with E-state index in [1.807, 2.05) is 66.7 Å². The van der Waals surface area contributed by atoms with Crippen molar-refractivity contribution in [2.45, 2.75) is 13.8 Å². The zero-order valence-electron chi connectivity index (χ0n) is 17.5. The fourth-order valence-electron chi connectivity index (χ4n) is 3.76. The summed E-state index contributed by atoms with van der Waals surface area (Å²) in [6.07, 6.45) is 5.46. The molecule has 0 aliphatic carbocycles. The van der Waals surface area contributed by atoms with Crippen molar-refractivity contribution in [3.63, 3.8) is 0 Å². The lowest BCUT2D eigenvalue weighted by Gasteiger charge is -2.06. The second-order valence-electron chi connectivity index (χ2n) is 6.94. The van der Waals surface area contributed by atoms with Crippen LogP contribution in [0.2, 0.25) is 0 Å². The molecule has 4 rings (SSSR count). The van der Waals surface area contributed by atoms with Gasteiger partial charge in [0.15, 0.2) is 0 Å². The number of rotatable bonds is 6. The molecule has 0 bridgehead atoms. The van der Waals surface area contributed by atoms with Gasteiger partial charge in [0, 0.05) is 17.1 Å². The van der Waals surface area contributed by atoms with E-state index in [4.69, 9.17) is 9.47 Å². The van der Waals surface area contributed by atoms with Crippen LogP contribution >= 0.6 is 0 Å². The van der Waals surface area contributed by atoms with Gasteiger partial charge in [-0.3, -0.25) is 0 Å². The maximum atomic E-state index is 13.1. The highest BCUT2D eigenvalue weighted by molar-refractivity contribution is 6.14. The summed E-state index contributed by atoms with van der Waals surface area (Å²) in [5.74, 6) is -0.962. The molecule has 2 heterocycles. The van der Waals surface area contributed by atoms with Crippen LogP contribution in [0.1, 0.15) is 45.8 Å². The highest BCUT2D eigenvalue weighted by Gasteiger charge is 2.28. The average Bonchev–Trinajstić information content (AvgIpc) is 3.13. The Morgan fingerprint density at radius 2 is 1.52 bits per heavy atom. The van der Waals surface area contributed by atoms with Crippen molar-refractivity contribution in [3.05, 3.63) is 89.2 Å². The van der Waals surface area contributed by atoms with E-state index in [2.05, 4.69) is 0 Å². The predicted octanol–water partition coefficient (Wildman–Crippen LogP) is 5.62. The molecule has 0 atom stereocenters. The molecule has 156 valence electrons. The van der Waals surface area contributed by atoms with Gasteiger partial charge in [0.1, 0.15) is 5.69 Å². The lowest BCUT2D eigenvalue weighted by molar-refractivity contribution is 0.0517. The molecule has 0 N–H and O–H groups in total. The minimum absolute atomic E-state index is 0.232. The molecular weight excluding hydrogens is 390 g/mol. The molecule has 0 saturated heterocycles. The molecule has 0 saturated carbocycles. The monoisotopic (exact) mass is 413 g/mol. The topological polar surface area (TPSA) is 57.0 Å². The van der Waals surface area contributed by atoms with Crippen LogP contribution in [0.4, 0.5) is 0 Å². The number of hydrogen-bond donors (Lipinski definition) is 0. The Hall–Kier alpha value is -3.86. The van der Waals surface area contributed by atoms with Crippen LogP contribution in [0.15, 0.2) is 66.9 Å². The fourth-order valence-corrected chi connectivity index (χ4v) is 3.76. The number of carbonyl (C=O) groups excluding carboxylic acids is 2. The van der Waals surface area contributed by atoms with Crippen molar-refractivity contribution in [3.8, 4) is 0 Å². The van der Waals surface area contributed by atoms with E-state index in [1.54, 1.807) is 30.5 Å². The van der Waals surface area contributed by atoms with E-state index in [0.29, 0.717) is 22.3 Å². The summed E-state index contributed by atoms with van der Waals surface area (Å²) in [7, 11) is 0. The molecule has 31 heavy (non-hydrogen) atoms. The van der Waals surface area contributed by atoms with Gasteiger partial charge in [0.25, 0.3) is 0 Å². The van der Waals surface area contributed by atoms with Crippen molar-refractivity contribution in [1.82, 2.24) is 4.40 Å². The van der Waals surface area contributed by atoms with Gasteiger partial charge in [-0.2, -0.15) is 0 Å². The van der Waals surface area contributed by atoms with Gasteiger partial charge in [-0.05, 0) is 30.9 Å². The molecule has 0 amide bonds. The van der Waals surface area contributed by atoms with Crippen molar-refractivity contribution in [2.75, 3.05) is 13.2 Å². The third-order valence-corrected chi connectivity index (χ3v) is 5.05. The minimum atomic E-state index is -0.490. The van der Waals surface area contributed by atoms with E-state index < -0.39 is 11.9 Å². The number of ether oxygens (including phenoxy) is 2. The van der Waals surface area contributed by atoms with Crippen molar-refractivity contribution < 1.29 is 19.1 Å². The molecule has 0 radical (unpaired) electrons. The summed E-state index contributed by atoms with van der Waals surface area (Å²) in [6, 6.07) is 19.4. The van der Waals surface area contributed by atoms with Gasteiger partial charge in [-0.15, -0.1) is 0 Å². The first-order chi connectivity index (χ1) is 15.2. The summed E-state index contributed by atoms with van der Waals surface area (Å²) in [4.78, 5) is 26.1. The molecule has 0 unspecified atom stereocenters. The van der Waals surface area contributed by atoms with Gasteiger partial charge in [-0.25, -0.2) is 9.59 Å². The second-order valence-corrected chi connectivity index (χ2v) is 6.94. The number of nitrogens with zero attached hydrogens (tertiary/aromatic N) is 1. The zero-order valence-corrected chi connectivity index (χ0v) is 17.5. The Morgan fingerprint density at radius 1 is 0.839 bits per heavy atom. The van der Waals surface area contributed by atoms with Gasteiger partial charge < -0.3 is 13.9 Å². The number of esters is 2. The maximum absolute atomic E-state index is 13.1. The smallest absolute Gasteiger partial charge is 0.355 e. The first kappa shape index (κ1) is 20.4. The van der Waals surface area contributed by atoms with Crippen LogP contribution in [-0.2, 0) is 9.47 Å². The predicted molar refractivity (Wildman–Crippen MR) is 122 cm³/mol. The SMILES string of the molecule is CCOC(=O)c1c(/C=C/c2ccccc2)c(C(=O)OCC)n2ccc3ccccc3c12. The summed E-state index contributed by atoms with van der Waals surface area (Å²) in [5, 5.41) is 1.82. The number of hydrogen-bond acceptors (Lipinski definition) is 4. The second kappa shape index (κ2) is 8.88. The molecule has 0 aliphatic rings. The normalized spacial score (nSPS) is 11.3. The third-order valence-electron chi connectivity index (χ3n) is 5.05. The van der Waals surface area contributed by atoms with Crippen molar-refractivity contribution in [1.29, 1.82) is 0 Å². The number of carbonyl (C=O) groups is 2. The zero-order chi connectivity index (χ0) is 21.8. The summed E-state index contributed by atoms with van der Waals surface area (Å²) >= 11 is 0. The molecule has 5 heteroatoms. The third kappa shape index (κ3) is 3.82. The largest absolute Gasteiger partial charge is 0.462 e. The average molecular weight is 413 g/mol. The summed E-state index contributed by atoms with van der Waals surface area (Å²) in [6.45, 7) is 3.99. The molecular formula is C26H23NO4. The maximum Gasteiger partial charge on any atom is 0.355 e. The van der Waals surface area contributed by atoms with E-state index in [0.717, 1.165) is 16.3 Å². The van der Waals surface area contributed by atoms with Crippen LogP contribution in [0.25, 0.3) is 28.4 Å². The standard InChI is InChI=1S/C26H23NO4/c1-3-30-25(28)22-21(15-14-18-10-6-5-7-11-18)24(26(29)31-4-2)27-17-16-19-12-8-9-13-20(19)23(22)27/h5-17H,3-4H2,1-2H3/b15-14+. The van der Waals surface area contributed by atoms with Gasteiger partial charge >= 0.3 is 11.9 Å². The van der Waals surface area contributed by atoms with E-state index in [1.165, 1.54) is 0 Å². The number of aromatic nitrogens is 1. The molecule has 0 spiro atoms. The lowest BCUT2D eigenvalue weighted by atomic mass is 10.0. The first-order valence-electron chi connectivity index (χ1n) is 10.3. The van der Waals surface area contributed by atoms with E-state index in [-0.39, 0.29) is 13.2 Å². The molecule has 5 nitrogen and oxygen atoms in total.